The molecule has 0 saturated carbocycles. The van der Waals surface area contributed by atoms with Crippen LogP contribution in [0.15, 0.2) is 0 Å². The molecule has 3 N–H and O–H groups in total. The van der Waals surface area contributed by atoms with Gasteiger partial charge in [-0.1, -0.05) is 72.6 Å². The van der Waals surface area contributed by atoms with Crippen LogP contribution in [-0.4, -0.2) is 45.4 Å². The number of carboxylic acids is 3. The second-order valence-corrected chi connectivity index (χ2v) is 8.02. The summed E-state index contributed by atoms with van der Waals surface area (Å²) in [5.74, 6) is -4.15. The van der Waals surface area contributed by atoms with E-state index in [0.717, 1.165) is 25.7 Å². The van der Waals surface area contributed by atoms with Crippen molar-refractivity contribution in [2.75, 3.05) is 6.61 Å². The summed E-state index contributed by atoms with van der Waals surface area (Å²) < 4.78 is 5.75. The van der Waals surface area contributed by atoms with Crippen LogP contribution in [0.3, 0.4) is 0 Å². The molecule has 3 unspecified atom stereocenters. The molecular weight excluding hydrogens is 376 g/mol. The fourth-order valence-electron chi connectivity index (χ4n) is 4.05. The average molecular weight is 417 g/mol. The van der Waals surface area contributed by atoms with Gasteiger partial charge in [-0.2, -0.15) is 0 Å². The highest BCUT2D eigenvalue weighted by molar-refractivity contribution is 5.92. The first kappa shape index (κ1) is 27.4. The van der Waals surface area contributed by atoms with Crippen molar-refractivity contribution in [3.63, 3.8) is 0 Å². The highest BCUT2D eigenvalue weighted by atomic mass is 16.5. The van der Waals surface area contributed by atoms with Crippen LogP contribution in [0.1, 0.15) is 98.3 Å². The van der Waals surface area contributed by atoms with Gasteiger partial charge in [-0.05, 0) is 25.2 Å². The number of carboxylic acid groups (broad SMARTS) is 3. The molecule has 0 aliphatic heterocycles. The Hall–Kier alpha value is -1.63. The summed E-state index contributed by atoms with van der Waals surface area (Å²) in [7, 11) is 0. The highest BCUT2D eigenvalue weighted by Crippen LogP contribution is 2.48. The summed E-state index contributed by atoms with van der Waals surface area (Å²) in [6.07, 6.45) is 5.10. The monoisotopic (exact) mass is 416 g/mol. The molecule has 7 nitrogen and oxygen atoms in total. The predicted octanol–water partition coefficient (Wildman–Crippen LogP) is 4.97. The molecule has 170 valence electrons. The summed E-state index contributed by atoms with van der Waals surface area (Å²) in [5.41, 5.74) is -4.09. The van der Waals surface area contributed by atoms with E-state index in [1.54, 1.807) is 0 Å². The van der Waals surface area contributed by atoms with E-state index < -0.39 is 35.3 Å². The van der Waals surface area contributed by atoms with Gasteiger partial charge in [-0.3, -0.25) is 9.59 Å². The zero-order valence-corrected chi connectivity index (χ0v) is 18.5. The third-order valence-corrected chi connectivity index (χ3v) is 5.91. The van der Waals surface area contributed by atoms with Gasteiger partial charge >= 0.3 is 17.9 Å². The van der Waals surface area contributed by atoms with Gasteiger partial charge in [0, 0.05) is 6.61 Å². The molecule has 0 radical (unpaired) electrons. The molecule has 0 aromatic rings. The molecule has 0 amide bonds. The van der Waals surface area contributed by atoms with Crippen molar-refractivity contribution in [3.05, 3.63) is 0 Å². The van der Waals surface area contributed by atoms with E-state index in [-0.39, 0.29) is 25.4 Å². The minimum atomic E-state index is -2.30. The van der Waals surface area contributed by atoms with E-state index in [2.05, 4.69) is 0 Å². The molecule has 29 heavy (non-hydrogen) atoms. The Morgan fingerprint density at radius 1 is 0.862 bits per heavy atom. The van der Waals surface area contributed by atoms with E-state index in [1.807, 2.05) is 27.7 Å². The molecule has 0 spiro atoms. The Bertz CT molecular complexity index is 519. The Morgan fingerprint density at radius 2 is 1.45 bits per heavy atom. The Labute approximate surface area is 174 Å². The van der Waals surface area contributed by atoms with Crippen molar-refractivity contribution in [1.82, 2.24) is 0 Å². The van der Waals surface area contributed by atoms with E-state index in [1.165, 1.54) is 0 Å². The van der Waals surface area contributed by atoms with Crippen LogP contribution >= 0.6 is 0 Å². The van der Waals surface area contributed by atoms with Gasteiger partial charge in [0.1, 0.15) is 5.41 Å². The summed E-state index contributed by atoms with van der Waals surface area (Å²) in [4.78, 5) is 36.9. The van der Waals surface area contributed by atoms with Crippen LogP contribution < -0.4 is 0 Å². The van der Waals surface area contributed by atoms with Crippen molar-refractivity contribution in [2.45, 2.75) is 104 Å². The first-order valence-corrected chi connectivity index (χ1v) is 11.0. The summed E-state index contributed by atoms with van der Waals surface area (Å²) in [6, 6.07) is 0. The number of ether oxygens (including phenoxy) is 1. The largest absolute Gasteiger partial charge is 0.481 e. The molecule has 0 aliphatic rings. The lowest BCUT2D eigenvalue weighted by molar-refractivity contribution is -0.209. The van der Waals surface area contributed by atoms with Crippen molar-refractivity contribution in [3.8, 4) is 0 Å². The van der Waals surface area contributed by atoms with Gasteiger partial charge < -0.3 is 20.1 Å². The van der Waals surface area contributed by atoms with E-state index >= 15 is 0 Å². The second kappa shape index (κ2) is 13.6. The second-order valence-electron chi connectivity index (χ2n) is 8.02. The molecule has 0 aromatic carbocycles. The smallest absolute Gasteiger partial charge is 0.337 e. The Morgan fingerprint density at radius 3 is 1.86 bits per heavy atom. The minimum absolute atomic E-state index is 0.00907. The lowest BCUT2D eigenvalue weighted by atomic mass is 9.61. The maximum absolute atomic E-state index is 12.7. The van der Waals surface area contributed by atoms with Crippen molar-refractivity contribution < 1.29 is 34.4 Å². The van der Waals surface area contributed by atoms with Crippen LogP contribution in [0.2, 0.25) is 0 Å². The van der Waals surface area contributed by atoms with Gasteiger partial charge in [0.05, 0.1) is 6.42 Å². The lowest BCUT2D eigenvalue weighted by Crippen LogP contribution is -2.61. The fraction of sp³-hybridized carbons (Fsp3) is 0.864. The predicted molar refractivity (Wildman–Crippen MR) is 111 cm³/mol. The number of rotatable bonds is 18. The van der Waals surface area contributed by atoms with E-state index in [4.69, 9.17) is 4.74 Å². The van der Waals surface area contributed by atoms with Crippen LogP contribution in [0.25, 0.3) is 0 Å². The van der Waals surface area contributed by atoms with Crippen LogP contribution in [0, 0.1) is 11.3 Å². The average Bonchev–Trinajstić information content (AvgIpc) is 2.66. The van der Waals surface area contributed by atoms with Crippen LogP contribution in [0.5, 0.6) is 0 Å². The summed E-state index contributed by atoms with van der Waals surface area (Å²) in [5, 5.41) is 30.0. The molecule has 0 aliphatic carbocycles. The van der Waals surface area contributed by atoms with Crippen molar-refractivity contribution >= 4 is 17.9 Å². The zero-order chi connectivity index (χ0) is 22.5. The fourth-order valence-corrected chi connectivity index (χ4v) is 4.05. The third kappa shape index (κ3) is 7.28. The van der Waals surface area contributed by atoms with Crippen LogP contribution in [-0.2, 0) is 19.1 Å². The molecule has 7 heteroatoms. The minimum Gasteiger partial charge on any atom is -0.481 e. The molecule has 0 heterocycles. The maximum Gasteiger partial charge on any atom is 0.337 e. The molecule has 0 saturated heterocycles. The Balaban J connectivity index is 6.50. The number of unbranched alkanes of at least 4 members (excludes halogenated alkanes) is 3. The first-order chi connectivity index (χ1) is 13.7. The van der Waals surface area contributed by atoms with Gasteiger partial charge in [-0.15, -0.1) is 0 Å². The number of hydrogen-bond acceptors (Lipinski definition) is 4. The number of hydrogen-bond donors (Lipinski definition) is 3. The topological polar surface area (TPSA) is 121 Å². The number of aliphatic carboxylic acids is 3. The first-order valence-electron chi connectivity index (χ1n) is 11.0. The van der Waals surface area contributed by atoms with Crippen LogP contribution in [0.4, 0.5) is 0 Å². The van der Waals surface area contributed by atoms with Gasteiger partial charge in [0.2, 0.25) is 0 Å². The molecule has 0 bridgehead atoms. The Kier molecular flexibility index (Phi) is 12.8. The molecular formula is C22H40O7. The van der Waals surface area contributed by atoms with Gasteiger partial charge in [-0.25, -0.2) is 4.79 Å². The van der Waals surface area contributed by atoms with E-state index in [9.17, 15) is 29.7 Å². The summed E-state index contributed by atoms with van der Waals surface area (Å²) in [6.45, 7) is 7.84. The molecule has 3 atom stereocenters. The quantitative estimate of drug-likeness (QED) is 0.270. The van der Waals surface area contributed by atoms with Crippen molar-refractivity contribution in [1.29, 1.82) is 0 Å². The standard InChI is InChI=1S/C22H40O7/c1-5-9-12-17(8-4)15-21(19(25)26,13-10-6-2)22(20(27)28,16-18(23)24)29-14-11-7-3/h17H,5-16H2,1-4H3,(H,23,24)(H,25,26)(H,27,28). The molecule has 0 fully saturated rings. The van der Waals surface area contributed by atoms with Gasteiger partial charge in [0.15, 0.2) is 5.60 Å². The molecule has 0 rings (SSSR count). The number of carbonyl (C=O) groups is 3. The maximum atomic E-state index is 12.7. The SMILES string of the molecule is CCCCOC(CC(=O)O)(C(=O)O)C(CCCC)(CC(CC)CCCC)C(=O)O. The summed E-state index contributed by atoms with van der Waals surface area (Å²) >= 11 is 0. The molecule has 0 aromatic heterocycles. The zero-order valence-electron chi connectivity index (χ0n) is 18.5. The van der Waals surface area contributed by atoms with Gasteiger partial charge in [0.25, 0.3) is 0 Å². The normalized spacial score (nSPS) is 16.6. The van der Waals surface area contributed by atoms with Crippen molar-refractivity contribution in [2.24, 2.45) is 11.3 Å². The highest BCUT2D eigenvalue weighted by Gasteiger charge is 2.63. The van der Waals surface area contributed by atoms with E-state index in [0.29, 0.717) is 25.7 Å². The third-order valence-electron chi connectivity index (χ3n) is 5.91. The lowest BCUT2D eigenvalue weighted by Gasteiger charge is -2.45.